The van der Waals surface area contributed by atoms with Crippen LogP contribution >= 0.6 is 0 Å². The maximum atomic E-state index is 12.1. The zero-order valence-electron chi connectivity index (χ0n) is 12.8. The number of hydrogen-bond acceptors (Lipinski definition) is 5. The first-order valence-electron chi connectivity index (χ1n) is 7.26. The number of carbonyl (C=O) groups excluding carboxylic acids is 2. The van der Waals surface area contributed by atoms with Gasteiger partial charge in [0.05, 0.1) is 6.54 Å². The van der Waals surface area contributed by atoms with E-state index in [9.17, 15) is 18.0 Å². The Kier molecular flexibility index (Phi) is 5.39. The van der Waals surface area contributed by atoms with Gasteiger partial charge >= 0.3 is 0 Å². The smallest absolute Gasteiger partial charge is 0.265 e. The maximum absolute atomic E-state index is 12.1. The summed E-state index contributed by atoms with van der Waals surface area (Å²) in [5.41, 5.74) is 5.05. The Hall–Kier alpha value is -1.91. The topological polar surface area (TPSA) is 137 Å². The highest BCUT2D eigenvalue weighted by Gasteiger charge is 2.24. The van der Waals surface area contributed by atoms with Crippen LogP contribution in [0.5, 0.6) is 0 Å². The minimum absolute atomic E-state index is 0.00964. The second kappa shape index (κ2) is 7.11. The highest BCUT2D eigenvalue weighted by atomic mass is 32.2. The van der Waals surface area contributed by atoms with Crippen molar-refractivity contribution in [2.45, 2.75) is 23.8 Å². The number of H-pyrrole nitrogens is 1. The van der Waals surface area contributed by atoms with Gasteiger partial charge in [-0.2, -0.15) is 0 Å². The molecule has 1 aliphatic heterocycles. The van der Waals surface area contributed by atoms with Crippen LogP contribution in [0.1, 0.15) is 23.3 Å². The molecule has 1 aromatic heterocycles. The summed E-state index contributed by atoms with van der Waals surface area (Å²) >= 11 is 0. The summed E-state index contributed by atoms with van der Waals surface area (Å²) in [5.74, 6) is -1.03. The van der Waals surface area contributed by atoms with Crippen molar-refractivity contribution in [1.82, 2.24) is 19.9 Å². The van der Waals surface area contributed by atoms with Gasteiger partial charge < -0.3 is 20.9 Å². The van der Waals surface area contributed by atoms with E-state index in [-0.39, 0.29) is 29.1 Å². The number of carbonyl (C=O) groups is 2. The van der Waals surface area contributed by atoms with Crippen LogP contribution < -0.4 is 15.8 Å². The molecular weight excluding hydrogens is 322 g/mol. The minimum Gasteiger partial charge on any atom is -0.364 e. The molecule has 0 radical (unpaired) electrons. The molecule has 1 unspecified atom stereocenters. The number of primary amides is 1. The first kappa shape index (κ1) is 17.4. The van der Waals surface area contributed by atoms with Crippen LogP contribution in [-0.4, -0.2) is 62.8 Å². The van der Waals surface area contributed by atoms with Crippen molar-refractivity contribution in [1.29, 1.82) is 0 Å². The highest BCUT2D eigenvalue weighted by Crippen LogP contribution is 2.12. The van der Waals surface area contributed by atoms with Crippen LogP contribution in [-0.2, 0) is 14.8 Å². The van der Waals surface area contributed by atoms with Crippen LogP contribution in [0.15, 0.2) is 17.2 Å². The molecule has 2 amide bonds. The van der Waals surface area contributed by atoms with Crippen molar-refractivity contribution in [3.63, 3.8) is 0 Å². The fourth-order valence-corrected chi connectivity index (χ4v) is 3.43. The number of amides is 2. The van der Waals surface area contributed by atoms with Gasteiger partial charge in [-0.3, -0.25) is 9.59 Å². The molecule has 1 atom stereocenters. The summed E-state index contributed by atoms with van der Waals surface area (Å²) in [7, 11) is -2.04. The van der Waals surface area contributed by atoms with E-state index >= 15 is 0 Å². The fraction of sp³-hybridized carbons (Fsp3) is 0.538. The quantitative estimate of drug-likeness (QED) is 0.503. The monoisotopic (exact) mass is 343 g/mol. The number of rotatable bonds is 6. The predicted molar refractivity (Wildman–Crippen MR) is 83.2 cm³/mol. The molecule has 128 valence electrons. The third-order valence-corrected chi connectivity index (χ3v) is 5.21. The molecule has 10 heteroatoms. The molecule has 0 aliphatic carbocycles. The molecule has 9 nitrogen and oxygen atoms in total. The lowest BCUT2D eigenvalue weighted by molar-refractivity contribution is -0.131. The molecule has 23 heavy (non-hydrogen) atoms. The van der Waals surface area contributed by atoms with Gasteiger partial charge in [-0.05, 0) is 26.0 Å². The zero-order valence-corrected chi connectivity index (χ0v) is 13.6. The molecule has 5 N–H and O–H groups in total. The van der Waals surface area contributed by atoms with E-state index < -0.39 is 15.9 Å². The van der Waals surface area contributed by atoms with E-state index in [1.165, 1.54) is 0 Å². The zero-order chi connectivity index (χ0) is 17.0. The van der Waals surface area contributed by atoms with Gasteiger partial charge in [0.25, 0.3) is 5.91 Å². The Bertz CT molecular complexity index is 684. The van der Waals surface area contributed by atoms with Crippen LogP contribution in [0, 0.1) is 0 Å². The fourth-order valence-electron chi connectivity index (χ4n) is 2.46. The van der Waals surface area contributed by atoms with Crippen LogP contribution in [0.2, 0.25) is 0 Å². The molecule has 2 rings (SSSR count). The number of aromatic nitrogens is 1. The van der Waals surface area contributed by atoms with E-state index in [0.29, 0.717) is 13.1 Å². The number of sulfonamides is 1. The van der Waals surface area contributed by atoms with Crippen LogP contribution in [0.4, 0.5) is 0 Å². The Labute approximate surface area is 134 Å². The summed E-state index contributed by atoms with van der Waals surface area (Å²) in [5, 5.41) is 3.12. The average molecular weight is 343 g/mol. The largest absolute Gasteiger partial charge is 0.364 e. The molecule has 1 aromatic rings. The number of piperidine rings is 1. The van der Waals surface area contributed by atoms with Gasteiger partial charge in [-0.25, -0.2) is 13.1 Å². The van der Waals surface area contributed by atoms with Gasteiger partial charge in [-0.15, -0.1) is 0 Å². The van der Waals surface area contributed by atoms with E-state index in [0.717, 1.165) is 25.1 Å². The first-order valence-corrected chi connectivity index (χ1v) is 8.74. The van der Waals surface area contributed by atoms with E-state index in [1.54, 1.807) is 4.90 Å². The first-order chi connectivity index (χ1) is 10.8. The molecule has 0 spiro atoms. The van der Waals surface area contributed by atoms with Crippen LogP contribution in [0.3, 0.4) is 0 Å². The van der Waals surface area contributed by atoms with Crippen molar-refractivity contribution in [2.75, 3.05) is 26.7 Å². The van der Waals surface area contributed by atoms with E-state index in [2.05, 4.69) is 15.0 Å². The van der Waals surface area contributed by atoms with Gasteiger partial charge in [-0.1, -0.05) is 0 Å². The summed E-state index contributed by atoms with van der Waals surface area (Å²) in [6.45, 7) is 0.859. The molecular formula is C13H21N5O4S. The number of hydrogen-bond donors (Lipinski definition) is 4. The van der Waals surface area contributed by atoms with Gasteiger partial charge in [0.2, 0.25) is 15.9 Å². The predicted octanol–water partition coefficient (Wildman–Crippen LogP) is -1.40. The summed E-state index contributed by atoms with van der Waals surface area (Å²) in [4.78, 5) is 27.1. The number of likely N-dealkylation sites (tertiary alicyclic amines) is 1. The minimum atomic E-state index is -3.88. The van der Waals surface area contributed by atoms with Crippen molar-refractivity contribution >= 4 is 21.8 Å². The normalized spacial score (nSPS) is 18.8. The lowest BCUT2D eigenvalue weighted by atomic mass is 10.1. The van der Waals surface area contributed by atoms with Crippen molar-refractivity contribution in [3.05, 3.63) is 18.0 Å². The molecule has 0 bridgehead atoms. The second-order valence-electron chi connectivity index (χ2n) is 5.41. The van der Waals surface area contributed by atoms with Gasteiger partial charge in [0, 0.05) is 25.3 Å². The third kappa shape index (κ3) is 4.30. The van der Waals surface area contributed by atoms with Gasteiger partial charge in [0.15, 0.2) is 0 Å². The lowest BCUT2D eigenvalue weighted by Crippen LogP contribution is -2.49. The number of nitrogens with one attached hydrogen (secondary N) is 3. The van der Waals surface area contributed by atoms with E-state index in [1.807, 2.05) is 7.05 Å². The van der Waals surface area contributed by atoms with Crippen molar-refractivity contribution < 1.29 is 18.0 Å². The molecule has 0 aromatic carbocycles. The molecule has 1 saturated heterocycles. The van der Waals surface area contributed by atoms with Crippen LogP contribution in [0.25, 0.3) is 0 Å². The summed E-state index contributed by atoms with van der Waals surface area (Å²) in [6, 6.07) is 1.36. The maximum Gasteiger partial charge on any atom is 0.265 e. The Morgan fingerprint density at radius 2 is 2.22 bits per heavy atom. The van der Waals surface area contributed by atoms with Gasteiger partial charge in [0.1, 0.15) is 10.6 Å². The lowest BCUT2D eigenvalue weighted by Gasteiger charge is -2.32. The number of aromatic amines is 1. The van der Waals surface area contributed by atoms with Crippen molar-refractivity contribution in [2.24, 2.45) is 5.73 Å². The average Bonchev–Trinajstić information content (AvgIpc) is 3.04. The van der Waals surface area contributed by atoms with E-state index in [4.69, 9.17) is 5.73 Å². The highest BCUT2D eigenvalue weighted by molar-refractivity contribution is 7.89. The molecule has 0 saturated carbocycles. The molecule has 1 aliphatic rings. The summed E-state index contributed by atoms with van der Waals surface area (Å²) < 4.78 is 26.5. The number of likely N-dealkylation sites (N-methyl/N-ethyl adjacent to an activating group) is 1. The molecule has 2 heterocycles. The second-order valence-corrected chi connectivity index (χ2v) is 7.17. The van der Waals surface area contributed by atoms with Crippen molar-refractivity contribution in [3.8, 4) is 0 Å². The number of nitrogens with two attached hydrogens (primary N) is 1. The SMILES string of the molecule is CNC1CCCN(C(=O)CNS(=O)(=O)c2c[nH]c(C(N)=O)c2)C1. The summed E-state index contributed by atoms with van der Waals surface area (Å²) in [6.07, 6.45) is 3.03. The number of nitrogens with zero attached hydrogens (tertiary/aromatic N) is 1. The standard InChI is InChI=1S/C13H21N5O4S/c1-15-9-3-2-4-18(8-9)12(19)7-17-23(21,22)10-5-11(13(14)20)16-6-10/h5-6,9,15-17H,2-4,7-8H2,1H3,(H2,14,20). The molecule has 1 fully saturated rings. The third-order valence-electron chi connectivity index (χ3n) is 3.83. The Morgan fingerprint density at radius 3 is 2.83 bits per heavy atom. The Balaban J connectivity index is 1.95. The Morgan fingerprint density at radius 1 is 1.48 bits per heavy atom.